The van der Waals surface area contributed by atoms with Crippen LogP contribution in [0.1, 0.15) is 31.7 Å². The molecule has 2 aliphatic rings. The Hall–Kier alpha value is -1.10. The lowest BCUT2D eigenvalue weighted by Gasteiger charge is -2.26. The summed E-state index contributed by atoms with van der Waals surface area (Å²) in [7, 11) is 1.66. The third kappa shape index (κ3) is 3.07. The summed E-state index contributed by atoms with van der Waals surface area (Å²) in [6.45, 7) is 3.98. The molecular weight excluding hydrogens is 266 g/mol. The maximum absolute atomic E-state index is 11.2. The van der Waals surface area contributed by atoms with Crippen LogP contribution in [0.3, 0.4) is 0 Å². The zero-order valence-corrected chi connectivity index (χ0v) is 12.9. The fourth-order valence-electron chi connectivity index (χ4n) is 3.43. The van der Waals surface area contributed by atoms with Crippen LogP contribution < -0.4 is 4.74 Å². The number of benzene rings is 1. The highest BCUT2D eigenvalue weighted by Gasteiger charge is 2.47. The number of β-amino-alcohol motifs (C(OH)–C–C–N with tert-alkyl or cyclic N) is 1. The van der Waals surface area contributed by atoms with Crippen LogP contribution in [0.4, 0.5) is 0 Å². The van der Waals surface area contributed by atoms with Crippen LogP contribution in [0.25, 0.3) is 0 Å². The highest BCUT2D eigenvalue weighted by Crippen LogP contribution is 2.44. The first-order chi connectivity index (χ1) is 10.1. The van der Waals surface area contributed by atoms with E-state index < -0.39 is 5.60 Å². The summed E-state index contributed by atoms with van der Waals surface area (Å²) in [4.78, 5) is 2.45. The Bertz CT molecular complexity index is 489. The van der Waals surface area contributed by atoms with Crippen molar-refractivity contribution >= 4 is 0 Å². The van der Waals surface area contributed by atoms with Gasteiger partial charge in [0.25, 0.3) is 0 Å². The van der Waals surface area contributed by atoms with E-state index in [1.165, 1.54) is 12.8 Å². The van der Waals surface area contributed by atoms with Crippen LogP contribution in [0.5, 0.6) is 5.75 Å². The van der Waals surface area contributed by atoms with E-state index in [4.69, 9.17) is 9.47 Å². The molecule has 0 aromatic heterocycles. The maximum Gasteiger partial charge on any atom is 0.125 e. The van der Waals surface area contributed by atoms with Crippen molar-refractivity contribution < 1.29 is 14.6 Å². The molecule has 1 aromatic carbocycles. The van der Waals surface area contributed by atoms with Gasteiger partial charge in [0.1, 0.15) is 18.0 Å². The molecule has 0 bridgehead atoms. The van der Waals surface area contributed by atoms with Crippen molar-refractivity contribution in [3.05, 3.63) is 29.8 Å². The Labute approximate surface area is 126 Å². The second kappa shape index (κ2) is 5.95. The smallest absolute Gasteiger partial charge is 0.125 e. The molecule has 2 atom stereocenters. The second-order valence-corrected chi connectivity index (χ2v) is 6.33. The zero-order chi connectivity index (χ0) is 14.9. The van der Waals surface area contributed by atoms with Crippen LogP contribution in [0, 0.1) is 0 Å². The lowest BCUT2D eigenvalue weighted by Crippen LogP contribution is -2.33. The normalized spacial score (nSPS) is 29.8. The predicted molar refractivity (Wildman–Crippen MR) is 81.5 cm³/mol. The molecule has 21 heavy (non-hydrogen) atoms. The van der Waals surface area contributed by atoms with Crippen LogP contribution in [0.15, 0.2) is 24.3 Å². The fraction of sp³-hybridized carbons (Fsp3) is 0.647. The third-order valence-corrected chi connectivity index (χ3v) is 4.59. The Balaban J connectivity index is 1.79. The molecule has 1 heterocycles. The Morgan fingerprint density at radius 2 is 2.05 bits per heavy atom. The standard InChI is InChI=1S/C17H25NO3/c1-13-11-17(19,12-18(13)14-7-8-14)15-5-3-4-6-16(15)21-10-9-20-2/h3-6,13-14,19H,7-12H2,1-2H3. The number of aliphatic hydroxyl groups is 1. The van der Waals surface area contributed by atoms with Gasteiger partial charge in [0, 0.05) is 31.3 Å². The lowest BCUT2D eigenvalue weighted by molar-refractivity contribution is 0.0411. The molecule has 0 amide bonds. The summed E-state index contributed by atoms with van der Waals surface area (Å²) in [5, 5.41) is 11.2. The highest BCUT2D eigenvalue weighted by molar-refractivity contribution is 5.39. The first-order valence-corrected chi connectivity index (χ1v) is 7.83. The van der Waals surface area contributed by atoms with E-state index in [0.717, 1.165) is 17.7 Å². The van der Waals surface area contributed by atoms with Crippen LogP contribution in [-0.4, -0.2) is 49.0 Å². The maximum atomic E-state index is 11.2. The van der Waals surface area contributed by atoms with Gasteiger partial charge < -0.3 is 14.6 Å². The van der Waals surface area contributed by atoms with Crippen molar-refractivity contribution in [1.29, 1.82) is 0 Å². The molecular formula is C17H25NO3. The monoisotopic (exact) mass is 291 g/mol. The number of para-hydroxylation sites is 1. The molecule has 1 aromatic rings. The minimum atomic E-state index is -0.800. The molecule has 1 N–H and O–H groups in total. The van der Waals surface area contributed by atoms with E-state index in [-0.39, 0.29) is 0 Å². The van der Waals surface area contributed by atoms with Crippen molar-refractivity contribution in [3.8, 4) is 5.75 Å². The molecule has 116 valence electrons. The second-order valence-electron chi connectivity index (χ2n) is 6.33. The Morgan fingerprint density at radius 3 is 2.76 bits per heavy atom. The van der Waals surface area contributed by atoms with Gasteiger partial charge in [-0.25, -0.2) is 0 Å². The summed E-state index contributed by atoms with van der Waals surface area (Å²) in [5.74, 6) is 0.780. The SMILES string of the molecule is COCCOc1ccccc1C1(O)CC(C)N(C2CC2)C1. The Kier molecular flexibility index (Phi) is 4.20. The Morgan fingerprint density at radius 1 is 1.29 bits per heavy atom. The molecule has 2 unspecified atom stereocenters. The van der Waals surface area contributed by atoms with E-state index in [1.54, 1.807) is 7.11 Å². The van der Waals surface area contributed by atoms with Gasteiger partial charge >= 0.3 is 0 Å². The van der Waals surface area contributed by atoms with Crippen molar-refractivity contribution in [1.82, 2.24) is 4.90 Å². The van der Waals surface area contributed by atoms with Crippen LogP contribution in [-0.2, 0) is 10.3 Å². The summed E-state index contributed by atoms with van der Waals surface area (Å²) in [6.07, 6.45) is 3.31. The molecule has 1 aliphatic carbocycles. The van der Waals surface area contributed by atoms with Crippen LogP contribution >= 0.6 is 0 Å². The minimum Gasteiger partial charge on any atom is -0.491 e. The number of ether oxygens (including phenoxy) is 2. The van der Waals surface area contributed by atoms with Gasteiger partial charge in [-0.2, -0.15) is 0 Å². The van der Waals surface area contributed by atoms with Crippen molar-refractivity contribution in [2.45, 2.75) is 43.9 Å². The van der Waals surface area contributed by atoms with Gasteiger partial charge in [-0.05, 0) is 32.3 Å². The van der Waals surface area contributed by atoms with E-state index in [9.17, 15) is 5.11 Å². The first kappa shape index (κ1) is 14.8. The molecule has 1 saturated heterocycles. The predicted octanol–water partition coefficient (Wildman–Crippen LogP) is 2.16. The zero-order valence-electron chi connectivity index (χ0n) is 12.9. The van der Waals surface area contributed by atoms with Gasteiger partial charge in [-0.1, -0.05) is 18.2 Å². The van der Waals surface area contributed by atoms with E-state index in [1.807, 2.05) is 24.3 Å². The number of hydrogen-bond acceptors (Lipinski definition) is 4. The van der Waals surface area contributed by atoms with Gasteiger partial charge in [-0.3, -0.25) is 4.90 Å². The minimum absolute atomic E-state index is 0.425. The van der Waals surface area contributed by atoms with E-state index in [2.05, 4.69) is 11.8 Å². The molecule has 4 nitrogen and oxygen atoms in total. The summed E-state index contributed by atoms with van der Waals surface area (Å²) in [5.41, 5.74) is 0.113. The molecule has 1 saturated carbocycles. The number of likely N-dealkylation sites (tertiary alicyclic amines) is 1. The van der Waals surface area contributed by atoms with Crippen molar-refractivity contribution in [3.63, 3.8) is 0 Å². The average Bonchev–Trinajstić information content (AvgIpc) is 3.26. The number of hydrogen-bond donors (Lipinski definition) is 1. The van der Waals surface area contributed by atoms with Gasteiger partial charge in [0.05, 0.1) is 6.61 Å². The summed E-state index contributed by atoms with van der Waals surface area (Å²) in [6, 6.07) is 8.95. The topological polar surface area (TPSA) is 41.9 Å². The third-order valence-electron chi connectivity index (χ3n) is 4.59. The molecule has 0 radical (unpaired) electrons. The quantitative estimate of drug-likeness (QED) is 0.816. The van der Waals surface area contributed by atoms with Crippen molar-refractivity contribution in [2.24, 2.45) is 0 Å². The number of methoxy groups -OCH3 is 1. The van der Waals surface area contributed by atoms with Gasteiger partial charge in [0.15, 0.2) is 0 Å². The molecule has 3 rings (SSSR count). The summed E-state index contributed by atoms with van der Waals surface area (Å²) >= 11 is 0. The fourth-order valence-corrected chi connectivity index (χ4v) is 3.43. The summed E-state index contributed by atoms with van der Waals surface area (Å²) < 4.78 is 10.8. The average molecular weight is 291 g/mol. The molecule has 2 fully saturated rings. The molecule has 0 spiro atoms. The largest absolute Gasteiger partial charge is 0.491 e. The van der Waals surface area contributed by atoms with E-state index >= 15 is 0 Å². The number of nitrogens with zero attached hydrogens (tertiary/aromatic N) is 1. The van der Waals surface area contributed by atoms with Crippen LogP contribution in [0.2, 0.25) is 0 Å². The molecule has 4 heteroatoms. The molecule has 1 aliphatic heterocycles. The highest BCUT2D eigenvalue weighted by atomic mass is 16.5. The van der Waals surface area contributed by atoms with E-state index in [0.29, 0.717) is 31.8 Å². The van der Waals surface area contributed by atoms with Gasteiger partial charge in [0.2, 0.25) is 0 Å². The first-order valence-electron chi connectivity index (χ1n) is 7.83. The van der Waals surface area contributed by atoms with Crippen molar-refractivity contribution in [2.75, 3.05) is 26.9 Å². The lowest BCUT2D eigenvalue weighted by atomic mass is 9.90. The number of rotatable bonds is 6. The van der Waals surface area contributed by atoms with Gasteiger partial charge in [-0.15, -0.1) is 0 Å².